The number of benzene rings is 3. The molecule has 0 aromatic heterocycles. The van der Waals surface area contributed by atoms with Gasteiger partial charge in [0, 0.05) is 12.3 Å². The first-order chi connectivity index (χ1) is 49.2. The zero-order valence-electron chi connectivity index (χ0n) is 56.0. The lowest BCUT2D eigenvalue weighted by Crippen LogP contribution is -2.70. The Morgan fingerprint density at radius 1 is 0.602 bits per heavy atom. The van der Waals surface area contributed by atoms with Crippen molar-refractivity contribution < 1.29 is 133 Å². The molecule has 568 valence electrons. The maximum Gasteiger partial charge on any atom is 0.246 e. The number of aliphatic hydroxyl groups excluding tert-OH is 13. The smallest absolute Gasteiger partial charge is 0.246 e. The minimum atomic E-state index is -2.35. The van der Waals surface area contributed by atoms with E-state index < -0.39 is 233 Å². The number of aliphatic hydroxyl groups is 13. The van der Waals surface area contributed by atoms with E-state index in [0.29, 0.717) is 29.2 Å². The Bertz CT molecular complexity index is 3440. The minimum Gasteiger partial charge on any atom is -0.493 e. The Labute approximate surface area is 588 Å². The highest BCUT2D eigenvalue weighted by Gasteiger charge is 2.54. The van der Waals surface area contributed by atoms with Gasteiger partial charge in [-0.1, -0.05) is 55.5 Å². The van der Waals surface area contributed by atoms with E-state index in [1.807, 2.05) is 0 Å². The third-order valence-corrected chi connectivity index (χ3v) is 18.4. The highest BCUT2D eigenvalue weighted by Crippen LogP contribution is 2.34. The first-order valence-corrected chi connectivity index (χ1v) is 33.1. The molecule has 103 heavy (non-hydrogen) atoms. The van der Waals surface area contributed by atoms with Gasteiger partial charge >= 0.3 is 0 Å². The molecule has 39 nitrogen and oxygen atoms in total. The Balaban J connectivity index is 0.967. The van der Waals surface area contributed by atoms with Gasteiger partial charge in [-0.05, 0) is 47.9 Å². The molecule has 4 fully saturated rings. The van der Waals surface area contributed by atoms with Gasteiger partial charge in [0.2, 0.25) is 41.7 Å². The number of rotatable bonds is 23. The molecule has 0 radical (unpaired) electrons. The molecule has 0 aliphatic carbocycles. The topological polar surface area (TPSA) is 603 Å². The number of guanidine groups is 2. The summed E-state index contributed by atoms with van der Waals surface area (Å²) in [4.78, 5) is 96.6. The van der Waals surface area contributed by atoms with Crippen LogP contribution in [0.2, 0.25) is 0 Å². The van der Waals surface area contributed by atoms with Gasteiger partial charge in [-0.25, -0.2) is 0 Å². The normalized spacial score (nSPS) is 34.5. The summed E-state index contributed by atoms with van der Waals surface area (Å²) in [6, 6.07) is 5.89. The van der Waals surface area contributed by atoms with Crippen LogP contribution in [0.1, 0.15) is 36.5 Å². The Hall–Kier alpha value is -8.30. The van der Waals surface area contributed by atoms with Gasteiger partial charge in [0.25, 0.3) is 0 Å². The first kappa shape index (κ1) is 78.8. The lowest BCUT2D eigenvalue weighted by molar-refractivity contribution is -0.353. The van der Waals surface area contributed by atoms with Gasteiger partial charge in [-0.15, -0.1) is 0 Å². The van der Waals surface area contributed by atoms with Crippen molar-refractivity contribution in [2.45, 2.75) is 179 Å². The molecule has 6 amide bonds. The van der Waals surface area contributed by atoms with E-state index >= 15 is 9.59 Å². The fraction of sp³-hybridized carbons (Fsp3) is 0.594. The number of ether oxygens (including phenoxy) is 8. The number of aliphatic imine (C=N–C) groups is 2. The van der Waals surface area contributed by atoms with Crippen molar-refractivity contribution in [2.24, 2.45) is 21.5 Å². The quantitative estimate of drug-likeness (QED) is 0.0419. The van der Waals surface area contributed by atoms with Crippen LogP contribution in [0.5, 0.6) is 17.2 Å². The molecule has 3 aromatic carbocycles. The highest BCUT2D eigenvalue weighted by atomic mass is 16.7. The van der Waals surface area contributed by atoms with Crippen LogP contribution in [0.25, 0.3) is 0 Å². The maximum atomic E-state index is 15.2. The standard InChI is InChI=1S/C64H90N12O27/c1-4-98-36-17-28(12-15-35(36)96-3)24-97-25-39-47(84)49(86)52(89)62(102-39)103-54-38(23-79)101-61(53(90)50(54)87)99-30-13-10-27(11-14-30)16-31-56(92)74-42(44(81)32-18-68-63(65)72-32)59(95)75-43(45(82)34-19-69-64(66)76(34)60-51(88)48(85)46(83)37(22-78)100-60)58(94)71-33(21-77)55(91)67-20-40(80)73-41(57(93)70-31)26(2)29-8-6-5-7-9-29/h5-15,17,26,31-34,37-39,41-54,60-62,77-79,81-90H,4,16,18-25H2,1-3H3,(H2,66,69)(H,67,91)(H,70,93)(H,71,94)(H,73,80)(H,74,92)(H,75,95)(H3,65,68,72)/t26?,31-,32?,33+,34?,37-,38-,39-,41+,42+,43-,44?,45?,46-,47-,48+,49+,50-,51+,52+,53+,54-,60+,61+,62-/m1/s1. The molecule has 39 heteroatoms. The number of nitrogens with one attached hydrogen (secondary N) is 7. The van der Waals surface area contributed by atoms with E-state index in [0.717, 1.165) is 4.90 Å². The molecule has 5 unspecified atom stereocenters. The largest absolute Gasteiger partial charge is 0.493 e. The number of nitrogens with zero attached hydrogens (tertiary/aromatic N) is 3. The fourth-order valence-electron chi connectivity index (χ4n) is 12.6. The Morgan fingerprint density at radius 3 is 1.88 bits per heavy atom. The van der Waals surface area contributed by atoms with Crippen LogP contribution in [0.3, 0.4) is 0 Å². The highest BCUT2D eigenvalue weighted by molar-refractivity contribution is 5.98. The predicted molar refractivity (Wildman–Crippen MR) is 350 cm³/mol. The predicted octanol–water partition coefficient (Wildman–Crippen LogP) is -11.0. The SMILES string of the molecule is CCOc1cc(COC[C@H]2O[C@H](O[C@H]3[C@H](O)[C@H](O)[C@@H](Oc4ccc(C[C@H]5NC(=O)[C@H](C(C)c6ccccc6)NC(=O)CNC(=O)[C@H](CO)NC(=O)[C@@H](C(O)C6CN=C(N)N6[C@H]6O[C@H](CO)[C@@H](O)[C@H](O)[C@@H]6O)NC(=O)[C@H](C(O)C6CN=C(N)N6)NC5=O)cc4)O[C@@H]3CO)[C@@H](O)[C@@H](O)[C@@H]2O)ccc1OC. The molecule has 6 aliphatic rings. The minimum absolute atomic E-state index is 0.0225. The summed E-state index contributed by atoms with van der Waals surface area (Å²) in [6.45, 7) is -1.40. The third kappa shape index (κ3) is 18.4. The molecular formula is C64H90N12O27. The zero-order valence-corrected chi connectivity index (χ0v) is 56.0. The van der Waals surface area contributed by atoms with Crippen molar-refractivity contribution in [3.05, 3.63) is 89.5 Å². The number of amides is 6. The average molecular weight is 1460 g/mol. The van der Waals surface area contributed by atoms with Gasteiger partial charge < -0.3 is 158 Å². The second kappa shape index (κ2) is 35.5. The molecular weight excluding hydrogens is 1370 g/mol. The first-order valence-electron chi connectivity index (χ1n) is 33.1. The molecule has 0 bridgehead atoms. The van der Waals surface area contributed by atoms with Crippen LogP contribution in [-0.2, 0) is 65.5 Å². The lowest BCUT2D eigenvalue weighted by Gasteiger charge is -2.46. The lowest BCUT2D eigenvalue weighted by atomic mass is 9.92. The van der Waals surface area contributed by atoms with E-state index in [1.54, 1.807) is 62.4 Å². The number of nitrogens with two attached hydrogens (primary N) is 2. The van der Waals surface area contributed by atoms with Gasteiger partial charge in [0.05, 0.1) is 78.5 Å². The molecule has 6 heterocycles. The summed E-state index contributed by atoms with van der Waals surface area (Å²) in [7, 11) is 1.48. The second-order valence-corrected chi connectivity index (χ2v) is 25.3. The number of methoxy groups -OCH3 is 1. The molecule has 3 aromatic rings. The van der Waals surface area contributed by atoms with E-state index in [2.05, 4.69) is 47.2 Å². The van der Waals surface area contributed by atoms with E-state index in [1.165, 1.54) is 31.4 Å². The van der Waals surface area contributed by atoms with E-state index in [4.69, 9.17) is 49.4 Å². The van der Waals surface area contributed by atoms with Crippen molar-refractivity contribution in [1.29, 1.82) is 0 Å². The molecule has 6 aliphatic heterocycles. The number of hydrogen-bond donors (Lipinski definition) is 22. The molecule has 24 N–H and O–H groups in total. The van der Waals surface area contributed by atoms with Crippen molar-refractivity contribution in [3.63, 3.8) is 0 Å². The van der Waals surface area contributed by atoms with Crippen molar-refractivity contribution in [2.75, 3.05) is 59.8 Å². The fourth-order valence-corrected chi connectivity index (χ4v) is 12.6. The zero-order chi connectivity index (χ0) is 74.7. The number of carbonyl (C=O) groups excluding carboxylic acids is 6. The van der Waals surface area contributed by atoms with Gasteiger partial charge in [0.15, 0.2) is 35.9 Å². The molecule has 25 atom stereocenters. The van der Waals surface area contributed by atoms with Crippen molar-refractivity contribution >= 4 is 47.4 Å². The van der Waals surface area contributed by atoms with Crippen LogP contribution in [0.4, 0.5) is 0 Å². The van der Waals surface area contributed by atoms with Crippen molar-refractivity contribution in [3.8, 4) is 17.2 Å². The Morgan fingerprint density at radius 2 is 1.22 bits per heavy atom. The van der Waals surface area contributed by atoms with E-state index in [-0.39, 0.29) is 37.0 Å². The number of hydrogen-bond acceptors (Lipinski definition) is 33. The van der Waals surface area contributed by atoms with Crippen LogP contribution < -0.4 is 62.9 Å². The molecule has 4 saturated heterocycles. The van der Waals surface area contributed by atoms with Crippen LogP contribution in [-0.4, -0.2) is 325 Å². The average Bonchev–Trinajstić information content (AvgIpc) is 1.72. The summed E-state index contributed by atoms with van der Waals surface area (Å²) >= 11 is 0. The van der Waals surface area contributed by atoms with Crippen LogP contribution in [0, 0.1) is 0 Å². The van der Waals surface area contributed by atoms with Crippen LogP contribution in [0.15, 0.2) is 82.8 Å². The monoisotopic (exact) mass is 1460 g/mol. The van der Waals surface area contributed by atoms with Crippen LogP contribution >= 0.6 is 0 Å². The van der Waals surface area contributed by atoms with Crippen molar-refractivity contribution in [1.82, 2.24) is 42.1 Å². The van der Waals surface area contributed by atoms with Gasteiger partial charge in [-0.3, -0.25) is 38.8 Å². The van der Waals surface area contributed by atoms with E-state index in [9.17, 15) is 85.6 Å². The summed E-state index contributed by atoms with van der Waals surface area (Å²) in [6.07, 6.45) is -31.7. The number of carbonyl (C=O) groups is 6. The summed E-state index contributed by atoms with van der Waals surface area (Å²) in [5.41, 5.74) is 13.5. The Kier molecular flexibility index (Phi) is 27.1. The molecule has 0 saturated carbocycles. The summed E-state index contributed by atoms with van der Waals surface area (Å²) in [5, 5.41) is 161. The summed E-state index contributed by atoms with van der Waals surface area (Å²) in [5.74, 6) is -8.09. The summed E-state index contributed by atoms with van der Waals surface area (Å²) < 4.78 is 46.0. The molecule has 9 rings (SSSR count). The van der Waals surface area contributed by atoms with Gasteiger partial charge in [-0.2, -0.15) is 0 Å². The third-order valence-electron chi connectivity index (χ3n) is 18.4. The second-order valence-electron chi connectivity index (χ2n) is 25.3. The maximum absolute atomic E-state index is 15.2. The molecule has 0 spiro atoms. The van der Waals surface area contributed by atoms with Gasteiger partial charge in [0.1, 0.15) is 121 Å².